The molecule has 2 N–H and O–H groups in total. The summed E-state index contributed by atoms with van der Waals surface area (Å²) in [6.07, 6.45) is 2.52. The van der Waals surface area contributed by atoms with Crippen LogP contribution in [0.15, 0.2) is 24.3 Å². The molecule has 0 unspecified atom stereocenters. The van der Waals surface area contributed by atoms with E-state index in [-0.39, 0.29) is 0 Å². The first-order valence-electron chi connectivity index (χ1n) is 7.44. The van der Waals surface area contributed by atoms with Crippen molar-refractivity contribution in [2.45, 2.75) is 26.3 Å². The molecule has 4 nitrogen and oxygen atoms in total. The van der Waals surface area contributed by atoms with E-state index in [1.807, 2.05) is 12.1 Å². The Balaban J connectivity index is 1.89. The van der Waals surface area contributed by atoms with Gasteiger partial charge in [0.05, 0.1) is 5.56 Å². The zero-order chi connectivity index (χ0) is 14.4. The number of nitrogens with one attached hydrogen (secondary N) is 1. The standard InChI is InChI=1S/C16H24N2O2/c1-2-18(12-14-7-9-17-10-8-14)11-13-3-5-15(6-4-13)16(19)20/h3-6,14,17H,2,7-12H2,1H3,(H,19,20). The first kappa shape index (κ1) is 15.0. The Bertz CT molecular complexity index is 425. The number of aromatic carboxylic acids is 1. The van der Waals surface area contributed by atoms with Crippen molar-refractivity contribution < 1.29 is 9.90 Å². The zero-order valence-electron chi connectivity index (χ0n) is 12.1. The second-order valence-corrected chi connectivity index (χ2v) is 5.52. The predicted molar refractivity (Wildman–Crippen MR) is 79.9 cm³/mol. The fraction of sp³-hybridized carbons (Fsp3) is 0.562. The molecule has 0 radical (unpaired) electrons. The molecule has 1 aliphatic rings. The number of benzene rings is 1. The van der Waals surface area contributed by atoms with Gasteiger partial charge in [0.2, 0.25) is 0 Å². The second kappa shape index (κ2) is 7.41. The summed E-state index contributed by atoms with van der Waals surface area (Å²) in [5.41, 5.74) is 1.54. The van der Waals surface area contributed by atoms with Crippen LogP contribution >= 0.6 is 0 Å². The lowest BCUT2D eigenvalue weighted by atomic mass is 9.97. The molecule has 1 aliphatic heterocycles. The van der Waals surface area contributed by atoms with Gasteiger partial charge in [0.25, 0.3) is 0 Å². The van der Waals surface area contributed by atoms with Crippen LogP contribution in [0.3, 0.4) is 0 Å². The summed E-state index contributed by atoms with van der Waals surface area (Å²) in [7, 11) is 0. The van der Waals surface area contributed by atoms with E-state index in [0.717, 1.165) is 38.6 Å². The average Bonchev–Trinajstić information content (AvgIpc) is 2.48. The Hall–Kier alpha value is -1.39. The Morgan fingerprint density at radius 1 is 1.30 bits per heavy atom. The van der Waals surface area contributed by atoms with Crippen LogP contribution in [-0.2, 0) is 6.54 Å². The van der Waals surface area contributed by atoms with Crippen LogP contribution in [0.2, 0.25) is 0 Å². The van der Waals surface area contributed by atoms with E-state index in [9.17, 15) is 4.79 Å². The molecule has 110 valence electrons. The van der Waals surface area contributed by atoms with Gasteiger partial charge in [-0.3, -0.25) is 4.90 Å². The van der Waals surface area contributed by atoms with Crippen molar-refractivity contribution in [1.82, 2.24) is 10.2 Å². The normalized spacial score (nSPS) is 16.5. The molecule has 0 bridgehead atoms. The summed E-state index contributed by atoms with van der Waals surface area (Å²) < 4.78 is 0. The molecule has 1 aromatic carbocycles. The highest BCUT2D eigenvalue weighted by Gasteiger charge is 2.16. The predicted octanol–water partition coefficient (Wildman–Crippen LogP) is 2.21. The van der Waals surface area contributed by atoms with E-state index in [1.54, 1.807) is 12.1 Å². The molecule has 20 heavy (non-hydrogen) atoms. The number of nitrogens with zero attached hydrogens (tertiary/aromatic N) is 1. The number of carboxylic acid groups (broad SMARTS) is 1. The summed E-state index contributed by atoms with van der Waals surface area (Å²) >= 11 is 0. The topological polar surface area (TPSA) is 52.6 Å². The van der Waals surface area contributed by atoms with Crippen molar-refractivity contribution >= 4 is 5.97 Å². The van der Waals surface area contributed by atoms with Crippen molar-refractivity contribution in [2.75, 3.05) is 26.2 Å². The minimum absolute atomic E-state index is 0.357. The fourth-order valence-corrected chi connectivity index (χ4v) is 2.75. The minimum Gasteiger partial charge on any atom is -0.478 e. The molecule has 0 aromatic heterocycles. The molecule has 0 atom stereocenters. The Labute approximate surface area is 120 Å². The highest BCUT2D eigenvalue weighted by Crippen LogP contribution is 2.15. The van der Waals surface area contributed by atoms with Crippen LogP contribution in [0.4, 0.5) is 0 Å². The number of rotatable bonds is 6. The van der Waals surface area contributed by atoms with Gasteiger partial charge in [0.1, 0.15) is 0 Å². The van der Waals surface area contributed by atoms with E-state index >= 15 is 0 Å². The van der Waals surface area contributed by atoms with Crippen LogP contribution in [0.25, 0.3) is 0 Å². The van der Waals surface area contributed by atoms with Gasteiger partial charge in [-0.15, -0.1) is 0 Å². The van der Waals surface area contributed by atoms with Crippen LogP contribution in [0.5, 0.6) is 0 Å². The summed E-state index contributed by atoms with van der Waals surface area (Å²) in [6.45, 7) is 7.53. The monoisotopic (exact) mass is 276 g/mol. The average molecular weight is 276 g/mol. The van der Waals surface area contributed by atoms with Crippen molar-refractivity contribution in [1.29, 1.82) is 0 Å². The van der Waals surface area contributed by atoms with Gasteiger partial charge >= 0.3 is 5.97 Å². The van der Waals surface area contributed by atoms with Gasteiger partial charge in [-0.05, 0) is 56.1 Å². The number of piperidine rings is 1. The molecule has 0 saturated carbocycles. The van der Waals surface area contributed by atoms with Gasteiger partial charge in [0, 0.05) is 13.1 Å². The van der Waals surface area contributed by atoms with Crippen LogP contribution in [0.1, 0.15) is 35.7 Å². The lowest BCUT2D eigenvalue weighted by Crippen LogP contribution is -2.35. The van der Waals surface area contributed by atoms with Crippen LogP contribution in [0, 0.1) is 5.92 Å². The highest BCUT2D eigenvalue weighted by molar-refractivity contribution is 5.87. The molecule has 1 fully saturated rings. The summed E-state index contributed by atoms with van der Waals surface area (Å²) in [4.78, 5) is 13.3. The Kier molecular flexibility index (Phi) is 5.56. The van der Waals surface area contributed by atoms with Crippen molar-refractivity contribution in [3.05, 3.63) is 35.4 Å². The van der Waals surface area contributed by atoms with E-state index in [0.29, 0.717) is 5.56 Å². The highest BCUT2D eigenvalue weighted by atomic mass is 16.4. The van der Waals surface area contributed by atoms with Gasteiger partial charge < -0.3 is 10.4 Å². The zero-order valence-corrected chi connectivity index (χ0v) is 12.1. The molecule has 1 aromatic rings. The maximum Gasteiger partial charge on any atom is 0.335 e. The largest absolute Gasteiger partial charge is 0.478 e. The first-order valence-corrected chi connectivity index (χ1v) is 7.44. The smallest absolute Gasteiger partial charge is 0.335 e. The summed E-state index contributed by atoms with van der Waals surface area (Å²) in [5, 5.41) is 12.3. The third-order valence-corrected chi connectivity index (χ3v) is 4.03. The van der Waals surface area contributed by atoms with E-state index in [4.69, 9.17) is 5.11 Å². The van der Waals surface area contributed by atoms with Gasteiger partial charge in [0.15, 0.2) is 0 Å². The molecule has 1 saturated heterocycles. The maximum atomic E-state index is 10.8. The van der Waals surface area contributed by atoms with Crippen LogP contribution in [-0.4, -0.2) is 42.2 Å². The molecule has 1 heterocycles. The molecule has 0 spiro atoms. The lowest BCUT2D eigenvalue weighted by molar-refractivity contribution is 0.0697. The van der Waals surface area contributed by atoms with Crippen molar-refractivity contribution in [3.8, 4) is 0 Å². The minimum atomic E-state index is -0.862. The second-order valence-electron chi connectivity index (χ2n) is 5.52. The SMILES string of the molecule is CCN(Cc1ccc(C(=O)O)cc1)CC1CCNCC1. The molecule has 0 amide bonds. The molecular formula is C16H24N2O2. The number of hydrogen-bond donors (Lipinski definition) is 2. The van der Waals surface area contributed by atoms with E-state index in [1.165, 1.54) is 18.4 Å². The quantitative estimate of drug-likeness (QED) is 0.836. The number of hydrogen-bond acceptors (Lipinski definition) is 3. The summed E-state index contributed by atoms with van der Waals surface area (Å²) in [6, 6.07) is 7.23. The molecule has 2 rings (SSSR count). The lowest BCUT2D eigenvalue weighted by Gasteiger charge is -2.29. The third kappa shape index (κ3) is 4.32. The first-order chi connectivity index (χ1) is 9.69. The van der Waals surface area contributed by atoms with Crippen LogP contribution < -0.4 is 5.32 Å². The third-order valence-electron chi connectivity index (χ3n) is 4.03. The van der Waals surface area contributed by atoms with E-state index in [2.05, 4.69) is 17.1 Å². The molecular weight excluding hydrogens is 252 g/mol. The van der Waals surface area contributed by atoms with E-state index < -0.39 is 5.97 Å². The number of carboxylic acids is 1. The Morgan fingerprint density at radius 3 is 2.50 bits per heavy atom. The molecule has 4 heteroatoms. The van der Waals surface area contributed by atoms with Crippen molar-refractivity contribution in [2.24, 2.45) is 5.92 Å². The number of carbonyl (C=O) groups is 1. The van der Waals surface area contributed by atoms with Crippen molar-refractivity contribution in [3.63, 3.8) is 0 Å². The van der Waals surface area contributed by atoms with Gasteiger partial charge in [-0.1, -0.05) is 19.1 Å². The maximum absolute atomic E-state index is 10.8. The molecule has 0 aliphatic carbocycles. The summed E-state index contributed by atoms with van der Waals surface area (Å²) in [5.74, 6) is -0.0758. The van der Waals surface area contributed by atoms with Gasteiger partial charge in [-0.25, -0.2) is 4.79 Å². The fourth-order valence-electron chi connectivity index (χ4n) is 2.75. The Morgan fingerprint density at radius 2 is 1.95 bits per heavy atom. The van der Waals surface area contributed by atoms with Gasteiger partial charge in [-0.2, -0.15) is 0 Å².